The maximum atomic E-state index is 12.1. The molecule has 1 unspecified atom stereocenters. The summed E-state index contributed by atoms with van der Waals surface area (Å²) in [6.07, 6.45) is 0. The SMILES string of the molecule is CC(N)CSCc1ccccc1OC(F)F.O=CO. The molecule has 1 aromatic rings. The van der Waals surface area contributed by atoms with E-state index < -0.39 is 6.61 Å². The second-order valence-corrected chi connectivity index (χ2v) is 4.61. The average Bonchev–Trinajstić information content (AvgIpc) is 2.31. The molecule has 4 nitrogen and oxygen atoms in total. The van der Waals surface area contributed by atoms with E-state index in [1.54, 1.807) is 36.0 Å². The van der Waals surface area contributed by atoms with E-state index in [0.717, 1.165) is 11.3 Å². The van der Waals surface area contributed by atoms with Gasteiger partial charge >= 0.3 is 6.61 Å². The van der Waals surface area contributed by atoms with Crippen molar-refractivity contribution in [3.8, 4) is 5.75 Å². The molecule has 0 heterocycles. The van der Waals surface area contributed by atoms with Gasteiger partial charge in [0.1, 0.15) is 5.75 Å². The van der Waals surface area contributed by atoms with Gasteiger partial charge in [-0.05, 0) is 13.0 Å². The summed E-state index contributed by atoms with van der Waals surface area (Å²) in [4.78, 5) is 8.36. The predicted molar refractivity (Wildman–Crippen MR) is 71.6 cm³/mol. The maximum Gasteiger partial charge on any atom is 0.387 e. The van der Waals surface area contributed by atoms with Crippen LogP contribution in [-0.4, -0.2) is 30.0 Å². The summed E-state index contributed by atoms with van der Waals surface area (Å²) < 4.78 is 28.6. The second-order valence-electron chi connectivity index (χ2n) is 3.58. The van der Waals surface area contributed by atoms with Crippen LogP contribution in [0.5, 0.6) is 5.75 Å². The van der Waals surface area contributed by atoms with Gasteiger partial charge in [-0.2, -0.15) is 20.5 Å². The van der Waals surface area contributed by atoms with E-state index in [9.17, 15) is 8.78 Å². The van der Waals surface area contributed by atoms with Gasteiger partial charge in [-0.25, -0.2) is 0 Å². The van der Waals surface area contributed by atoms with E-state index in [-0.39, 0.29) is 18.3 Å². The Balaban J connectivity index is 0.000000982. The van der Waals surface area contributed by atoms with E-state index in [4.69, 9.17) is 15.6 Å². The van der Waals surface area contributed by atoms with Gasteiger partial charge in [0.2, 0.25) is 0 Å². The first-order chi connectivity index (χ1) is 9.01. The van der Waals surface area contributed by atoms with Crippen LogP contribution in [0.15, 0.2) is 24.3 Å². The van der Waals surface area contributed by atoms with E-state index in [2.05, 4.69) is 4.74 Å². The summed E-state index contributed by atoms with van der Waals surface area (Å²) in [5, 5.41) is 6.89. The van der Waals surface area contributed by atoms with Crippen molar-refractivity contribution in [2.75, 3.05) is 5.75 Å². The fraction of sp³-hybridized carbons (Fsp3) is 0.417. The van der Waals surface area contributed by atoms with Gasteiger partial charge in [-0.15, -0.1) is 0 Å². The van der Waals surface area contributed by atoms with Crippen molar-refractivity contribution in [1.29, 1.82) is 0 Å². The fourth-order valence-electron chi connectivity index (χ4n) is 1.19. The lowest BCUT2D eigenvalue weighted by Gasteiger charge is -2.10. The number of carbonyl (C=O) groups is 1. The highest BCUT2D eigenvalue weighted by Crippen LogP contribution is 2.24. The Kier molecular flexibility index (Phi) is 9.82. The normalized spacial score (nSPS) is 11.4. The van der Waals surface area contributed by atoms with Crippen LogP contribution < -0.4 is 10.5 Å². The Bertz CT molecular complexity index is 365. The van der Waals surface area contributed by atoms with E-state index >= 15 is 0 Å². The van der Waals surface area contributed by atoms with Gasteiger partial charge in [0.05, 0.1) is 0 Å². The summed E-state index contributed by atoms with van der Waals surface area (Å²) in [5.74, 6) is 1.67. The average molecular weight is 293 g/mol. The Morgan fingerprint density at radius 2 is 2.05 bits per heavy atom. The largest absolute Gasteiger partial charge is 0.483 e. The predicted octanol–water partition coefficient (Wildman–Crippen LogP) is 2.57. The molecule has 108 valence electrons. The van der Waals surface area contributed by atoms with Crippen LogP contribution in [0, 0.1) is 0 Å². The highest BCUT2D eigenvalue weighted by atomic mass is 32.2. The van der Waals surface area contributed by atoms with Crippen LogP contribution in [0.1, 0.15) is 12.5 Å². The van der Waals surface area contributed by atoms with Crippen LogP contribution in [0.2, 0.25) is 0 Å². The number of rotatable bonds is 6. The zero-order valence-electron chi connectivity index (χ0n) is 10.5. The Morgan fingerprint density at radius 3 is 2.58 bits per heavy atom. The minimum Gasteiger partial charge on any atom is -0.483 e. The number of hydrogen-bond donors (Lipinski definition) is 2. The lowest BCUT2D eigenvalue weighted by Crippen LogP contribution is -2.17. The zero-order chi connectivity index (χ0) is 14.7. The molecule has 0 saturated carbocycles. The standard InChI is InChI=1S/C11H15F2NOS.CH2O2/c1-8(14)6-16-7-9-4-2-3-5-10(9)15-11(12)13;2-1-3/h2-5,8,11H,6-7,14H2,1H3;1H,(H,2,3). The van der Waals surface area contributed by atoms with Gasteiger partial charge in [-0.3, -0.25) is 4.79 Å². The molecule has 1 atom stereocenters. The highest BCUT2D eigenvalue weighted by Gasteiger charge is 2.08. The second kappa shape index (κ2) is 10.6. The molecule has 0 aromatic heterocycles. The van der Waals surface area contributed by atoms with Crippen LogP contribution in [0.25, 0.3) is 0 Å². The summed E-state index contributed by atoms with van der Waals surface area (Å²) in [6.45, 7) is -1.12. The van der Waals surface area contributed by atoms with Crippen LogP contribution >= 0.6 is 11.8 Å². The van der Waals surface area contributed by atoms with Crippen molar-refractivity contribution in [2.45, 2.75) is 25.3 Å². The number of halogens is 2. The lowest BCUT2D eigenvalue weighted by atomic mass is 10.2. The van der Waals surface area contributed by atoms with Gasteiger partial charge in [0, 0.05) is 23.1 Å². The number of para-hydroxylation sites is 1. The molecule has 0 aliphatic rings. The summed E-state index contributed by atoms with van der Waals surface area (Å²) in [7, 11) is 0. The molecule has 0 fully saturated rings. The molecule has 0 radical (unpaired) electrons. The third-order valence-corrected chi connectivity index (χ3v) is 3.10. The number of ether oxygens (including phenoxy) is 1. The van der Waals surface area contributed by atoms with E-state index in [1.165, 1.54) is 0 Å². The van der Waals surface area contributed by atoms with Crippen molar-refractivity contribution in [1.82, 2.24) is 0 Å². The van der Waals surface area contributed by atoms with Gasteiger partial charge < -0.3 is 15.6 Å². The monoisotopic (exact) mass is 293 g/mol. The molecule has 1 rings (SSSR count). The molecule has 0 aliphatic carbocycles. The number of carboxylic acid groups (broad SMARTS) is 1. The molecular formula is C12H17F2NO3S. The fourth-order valence-corrected chi connectivity index (χ4v) is 2.14. The van der Waals surface area contributed by atoms with Crippen LogP contribution in [0.4, 0.5) is 8.78 Å². The van der Waals surface area contributed by atoms with Crippen molar-refractivity contribution in [3.63, 3.8) is 0 Å². The molecule has 7 heteroatoms. The smallest absolute Gasteiger partial charge is 0.387 e. The van der Waals surface area contributed by atoms with Crippen molar-refractivity contribution < 1.29 is 23.4 Å². The molecule has 19 heavy (non-hydrogen) atoms. The van der Waals surface area contributed by atoms with Crippen LogP contribution in [0.3, 0.4) is 0 Å². The molecule has 0 amide bonds. The third kappa shape index (κ3) is 9.26. The van der Waals surface area contributed by atoms with E-state index in [1.807, 2.05) is 6.92 Å². The maximum absolute atomic E-state index is 12.1. The zero-order valence-corrected chi connectivity index (χ0v) is 11.3. The number of alkyl halides is 2. The number of nitrogens with two attached hydrogens (primary N) is 1. The highest BCUT2D eigenvalue weighted by molar-refractivity contribution is 7.98. The third-order valence-electron chi connectivity index (χ3n) is 1.83. The number of benzene rings is 1. The van der Waals surface area contributed by atoms with Gasteiger partial charge in [0.25, 0.3) is 6.47 Å². The van der Waals surface area contributed by atoms with Crippen molar-refractivity contribution in [3.05, 3.63) is 29.8 Å². The first kappa shape index (κ1) is 17.7. The molecule has 0 bridgehead atoms. The Hall–Kier alpha value is -1.34. The first-order valence-corrected chi connectivity index (χ1v) is 6.60. The summed E-state index contributed by atoms with van der Waals surface area (Å²) in [5.41, 5.74) is 6.37. The Labute approximate surface area is 114 Å². The summed E-state index contributed by atoms with van der Waals surface area (Å²) >= 11 is 1.61. The van der Waals surface area contributed by atoms with E-state index in [0.29, 0.717) is 5.75 Å². The molecule has 3 N–H and O–H groups in total. The van der Waals surface area contributed by atoms with Crippen molar-refractivity contribution in [2.24, 2.45) is 5.73 Å². The number of thioether (sulfide) groups is 1. The topological polar surface area (TPSA) is 72.5 Å². The van der Waals surface area contributed by atoms with Gasteiger partial charge in [-0.1, -0.05) is 18.2 Å². The number of hydrogen-bond acceptors (Lipinski definition) is 4. The van der Waals surface area contributed by atoms with Gasteiger partial charge in [0.15, 0.2) is 0 Å². The Morgan fingerprint density at radius 1 is 1.47 bits per heavy atom. The quantitative estimate of drug-likeness (QED) is 0.789. The molecule has 0 aliphatic heterocycles. The first-order valence-electron chi connectivity index (χ1n) is 5.45. The molecule has 1 aromatic carbocycles. The molecule has 0 spiro atoms. The minimum absolute atomic E-state index is 0.105. The summed E-state index contributed by atoms with van der Waals surface area (Å²) in [6, 6.07) is 6.92. The van der Waals surface area contributed by atoms with Crippen LogP contribution in [-0.2, 0) is 10.5 Å². The molecule has 0 saturated heterocycles. The lowest BCUT2D eigenvalue weighted by molar-refractivity contribution is -0.122. The molecular weight excluding hydrogens is 276 g/mol. The minimum atomic E-state index is -2.78. The van der Waals surface area contributed by atoms with Crippen molar-refractivity contribution >= 4 is 18.2 Å².